The van der Waals surface area contributed by atoms with Crippen molar-refractivity contribution in [2.75, 3.05) is 6.54 Å². The van der Waals surface area contributed by atoms with Crippen LogP contribution in [0.15, 0.2) is 24.5 Å². The third-order valence-corrected chi connectivity index (χ3v) is 1.94. The summed E-state index contributed by atoms with van der Waals surface area (Å²) in [7, 11) is 0. The minimum Gasteiger partial charge on any atom is -0.352 e. The van der Waals surface area contributed by atoms with Crippen LogP contribution in [0, 0.1) is 11.3 Å². The molecule has 1 heterocycles. The van der Waals surface area contributed by atoms with Gasteiger partial charge in [-0.25, -0.2) is 0 Å². The number of amides is 1. The smallest absolute Gasteiger partial charge is 0.251 e. The second-order valence-electron chi connectivity index (χ2n) is 3.11. The zero-order chi connectivity index (χ0) is 10.9. The van der Waals surface area contributed by atoms with Crippen molar-refractivity contribution >= 4 is 5.91 Å². The van der Waals surface area contributed by atoms with Crippen LogP contribution in [0.25, 0.3) is 0 Å². The van der Waals surface area contributed by atoms with Gasteiger partial charge in [-0.3, -0.25) is 9.78 Å². The Morgan fingerprint density at radius 2 is 2.13 bits per heavy atom. The summed E-state index contributed by atoms with van der Waals surface area (Å²) in [6.07, 6.45) is 5.39. The Hall–Kier alpha value is -1.89. The van der Waals surface area contributed by atoms with Crippen molar-refractivity contribution in [1.29, 1.82) is 5.26 Å². The van der Waals surface area contributed by atoms with Crippen LogP contribution in [0.3, 0.4) is 0 Å². The Balaban J connectivity index is 2.23. The average molecular weight is 203 g/mol. The number of hydrogen-bond acceptors (Lipinski definition) is 3. The number of nitrogens with zero attached hydrogens (tertiary/aromatic N) is 2. The Kier molecular flexibility index (Phi) is 4.88. The number of nitrogens with one attached hydrogen (secondary N) is 1. The number of aromatic nitrogens is 1. The fraction of sp³-hybridized carbons (Fsp3) is 0.364. The molecule has 0 bridgehead atoms. The van der Waals surface area contributed by atoms with Gasteiger partial charge in [0.1, 0.15) is 0 Å². The summed E-state index contributed by atoms with van der Waals surface area (Å²) >= 11 is 0. The predicted molar refractivity (Wildman–Crippen MR) is 56.0 cm³/mol. The van der Waals surface area contributed by atoms with Crippen molar-refractivity contribution in [3.05, 3.63) is 30.1 Å². The molecule has 1 rings (SSSR count). The van der Waals surface area contributed by atoms with Crippen LogP contribution in [-0.2, 0) is 0 Å². The molecule has 0 fully saturated rings. The maximum atomic E-state index is 11.5. The molecule has 0 saturated heterocycles. The monoisotopic (exact) mass is 203 g/mol. The van der Waals surface area contributed by atoms with Crippen LogP contribution < -0.4 is 5.32 Å². The molecule has 0 spiro atoms. The van der Waals surface area contributed by atoms with Crippen molar-refractivity contribution in [2.45, 2.75) is 19.3 Å². The van der Waals surface area contributed by atoms with Gasteiger partial charge in [0.15, 0.2) is 0 Å². The predicted octanol–water partition coefficient (Wildman–Crippen LogP) is 1.51. The average Bonchev–Trinajstić information content (AvgIpc) is 2.30. The molecule has 0 aromatic carbocycles. The second kappa shape index (κ2) is 6.55. The number of unbranched alkanes of at least 4 members (excludes halogenated alkanes) is 2. The van der Waals surface area contributed by atoms with Crippen LogP contribution >= 0.6 is 0 Å². The van der Waals surface area contributed by atoms with E-state index in [0.29, 0.717) is 18.5 Å². The van der Waals surface area contributed by atoms with E-state index < -0.39 is 0 Å². The van der Waals surface area contributed by atoms with Gasteiger partial charge in [0.2, 0.25) is 0 Å². The lowest BCUT2D eigenvalue weighted by Crippen LogP contribution is -2.24. The lowest BCUT2D eigenvalue weighted by Gasteiger charge is -2.03. The van der Waals surface area contributed by atoms with Crippen molar-refractivity contribution < 1.29 is 4.79 Å². The van der Waals surface area contributed by atoms with Gasteiger partial charge in [-0.05, 0) is 25.0 Å². The summed E-state index contributed by atoms with van der Waals surface area (Å²) in [5.74, 6) is -0.0886. The molecule has 0 aliphatic rings. The summed E-state index contributed by atoms with van der Waals surface area (Å²) in [5.41, 5.74) is 0.616. The van der Waals surface area contributed by atoms with Crippen LogP contribution in [0.2, 0.25) is 0 Å². The maximum Gasteiger partial charge on any atom is 0.251 e. The lowest BCUT2D eigenvalue weighted by atomic mass is 10.2. The molecule has 4 nitrogen and oxygen atoms in total. The zero-order valence-corrected chi connectivity index (χ0v) is 8.44. The van der Waals surface area contributed by atoms with E-state index in [9.17, 15) is 4.79 Å². The van der Waals surface area contributed by atoms with Gasteiger partial charge in [-0.2, -0.15) is 5.26 Å². The van der Waals surface area contributed by atoms with Crippen LogP contribution in [-0.4, -0.2) is 17.4 Å². The fourth-order valence-electron chi connectivity index (χ4n) is 1.14. The molecular formula is C11H13N3O. The first-order chi connectivity index (χ1) is 7.34. The van der Waals surface area contributed by atoms with Gasteiger partial charge in [-0.1, -0.05) is 0 Å². The first kappa shape index (κ1) is 11.2. The first-order valence-corrected chi connectivity index (χ1v) is 4.90. The van der Waals surface area contributed by atoms with E-state index in [2.05, 4.69) is 16.4 Å². The van der Waals surface area contributed by atoms with Gasteiger partial charge in [0.25, 0.3) is 5.91 Å². The SMILES string of the molecule is N#CCCCCNC(=O)c1ccncc1. The molecule has 78 valence electrons. The molecule has 1 aromatic heterocycles. The van der Waals surface area contributed by atoms with E-state index in [-0.39, 0.29) is 5.91 Å². The molecule has 0 atom stereocenters. The van der Waals surface area contributed by atoms with Crippen LogP contribution in [0.1, 0.15) is 29.6 Å². The number of rotatable bonds is 5. The standard InChI is InChI=1S/C11H13N3O/c12-6-2-1-3-7-14-11(15)10-4-8-13-9-5-10/h4-5,8-9H,1-3,7H2,(H,14,15). The Labute approximate surface area is 88.9 Å². The number of pyridine rings is 1. The van der Waals surface area contributed by atoms with E-state index in [1.807, 2.05) is 0 Å². The molecule has 1 N–H and O–H groups in total. The highest BCUT2D eigenvalue weighted by Gasteiger charge is 2.02. The Morgan fingerprint density at radius 1 is 1.40 bits per heavy atom. The van der Waals surface area contributed by atoms with Crippen molar-refractivity contribution in [2.24, 2.45) is 0 Å². The highest BCUT2D eigenvalue weighted by Crippen LogP contribution is 1.96. The molecular weight excluding hydrogens is 190 g/mol. The zero-order valence-electron chi connectivity index (χ0n) is 8.44. The van der Waals surface area contributed by atoms with Crippen molar-refractivity contribution in [3.8, 4) is 6.07 Å². The summed E-state index contributed by atoms with van der Waals surface area (Å²) in [6.45, 7) is 0.614. The fourth-order valence-corrected chi connectivity index (χ4v) is 1.14. The molecule has 0 saturated carbocycles. The topological polar surface area (TPSA) is 65.8 Å². The lowest BCUT2D eigenvalue weighted by molar-refractivity contribution is 0.0953. The number of carbonyl (C=O) groups is 1. The molecule has 0 unspecified atom stereocenters. The highest BCUT2D eigenvalue weighted by molar-refractivity contribution is 5.93. The third-order valence-electron chi connectivity index (χ3n) is 1.94. The normalized spacial score (nSPS) is 9.27. The number of carbonyl (C=O) groups excluding carboxylic acids is 1. The Morgan fingerprint density at radius 3 is 2.80 bits per heavy atom. The highest BCUT2D eigenvalue weighted by atomic mass is 16.1. The number of nitriles is 1. The van der Waals surface area contributed by atoms with Crippen LogP contribution in [0.4, 0.5) is 0 Å². The van der Waals surface area contributed by atoms with Crippen molar-refractivity contribution in [1.82, 2.24) is 10.3 Å². The maximum absolute atomic E-state index is 11.5. The van der Waals surface area contributed by atoms with Gasteiger partial charge in [0, 0.05) is 30.9 Å². The van der Waals surface area contributed by atoms with Crippen molar-refractivity contribution in [3.63, 3.8) is 0 Å². The van der Waals surface area contributed by atoms with Gasteiger partial charge in [0.05, 0.1) is 6.07 Å². The summed E-state index contributed by atoms with van der Waals surface area (Å²) in [4.78, 5) is 15.3. The third kappa shape index (κ3) is 4.23. The summed E-state index contributed by atoms with van der Waals surface area (Å²) in [6, 6.07) is 5.41. The van der Waals surface area contributed by atoms with E-state index in [4.69, 9.17) is 5.26 Å². The number of hydrogen-bond donors (Lipinski definition) is 1. The summed E-state index contributed by atoms with van der Waals surface area (Å²) in [5, 5.41) is 11.1. The second-order valence-corrected chi connectivity index (χ2v) is 3.11. The summed E-state index contributed by atoms with van der Waals surface area (Å²) < 4.78 is 0. The van der Waals surface area contributed by atoms with Crippen LogP contribution in [0.5, 0.6) is 0 Å². The Bertz CT molecular complexity index is 343. The largest absolute Gasteiger partial charge is 0.352 e. The minimum absolute atomic E-state index is 0.0886. The quantitative estimate of drug-likeness (QED) is 0.737. The molecule has 4 heteroatoms. The molecule has 0 aliphatic heterocycles. The van der Waals surface area contributed by atoms with E-state index >= 15 is 0 Å². The molecule has 0 radical (unpaired) electrons. The van der Waals surface area contributed by atoms with E-state index in [0.717, 1.165) is 12.8 Å². The van der Waals surface area contributed by atoms with E-state index in [1.54, 1.807) is 24.5 Å². The molecule has 0 aliphatic carbocycles. The van der Waals surface area contributed by atoms with E-state index in [1.165, 1.54) is 0 Å². The minimum atomic E-state index is -0.0886. The van der Waals surface area contributed by atoms with Gasteiger partial charge in [-0.15, -0.1) is 0 Å². The molecule has 1 aromatic rings. The van der Waals surface area contributed by atoms with Gasteiger partial charge >= 0.3 is 0 Å². The first-order valence-electron chi connectivity index (χ1n) is 4.90. The molecule has 1 amide bonds. The molecule has 15 heavy (non-hydrogen) atoms. The van der Waals surface area contributed by atoms with Gasteiger partial charge < -0.3 is 5.32 Å².